The van der Waals surface area contributed by atoms with Crippen LogP contribution in [0.5, 0.6) is 0 Å². The minimum absolute atomic E-state index is 0.168. The number of pyridine rings is 1. The molecule has 2 saturated heterocycles. The number of thiophene rings is 1. The average Bonchev–Trinajstić information content (AvgIpc) is 3.73. The number of allylic oxidation sites excluding steroid dienone is 3. The molecule has 7 heterocycles. The number of hydrogen-bond acceptors (Lipinski definition) is 9. The molecule has 4 aliphatic rings. The Hall–Kier alpha value is -2.60. The molecule has 11 heteroatoms. The van der Waals surface area contributed by atoms with Crippen molar-refractivity contribution < 1.29 is 13.4 Å². The highest BCUT2D eigenvalue weighted by Gasteiger charge is 2.49. The molecule has 0 aromatic carbocycles. The van der Waals surface area contributed by atoms with E-state index in [1.807, 2.05) is 26.2 Å². The van der Waals surface area contributed by atoms with Gasteiger partial charge in [0.2, 0.25) is 11.8 Å². The highest BCUT2D eigenvalue weighted by Crippen LogP contribution is 2.53. The summed E-state index contributed by atoms with van der Waals surface area (Å²) in [4.78, 5) is 6.60. The van der Waals surface area contributed by atoms with Gasteiger partial charge in [-0.1, -0.05) is 0 Å². The van der Waals surface area contributed by atoms with Gasteiger partial charge in [-0.25, -0.2) is 13.5 Å². The Morgan fingerprint density at radius 2 is 2.13 bits per heavy atom. The summed E-state index contributed by atoms with van der Waals surface area (Å²) in [7, 11) is 0.667. The molecule has 0 radical (unpaired) electrons. The van der Waals surface area contributed by atoms with Gasteiger partial charge < -0.3 is 19.8 Å². The van der Waals surface area contributed by atoms with E-state index in [-0.39, 0.29) is 12.0 Å². The molecule has 38 heavy (non-hydrogen) atoms. The van der Waals surface area contributed by atoms with E-state index >= 15 is 0 Å². The molecule has 3 atom stereocenters. The van der Waals surface area contributed by atoms with E-state index in [4.69, 9.17) is 9.15 Å². The third kappa shape index (κ3) is 4.02. The summed E-state index contributed by atoms with van der Waals surface area (Å²) in [6.07, 6.45) is 8.05. The first-order valence-corrected chi connectivity index (χ1v) is 15.4. The van der Waals surface area contributed by atoms with Crippen LogP contribution in [0.25, 0.3) is 15.7 Å². The number of hydrogen-bond donors (Lipinski definition) is 2. The Kier molecular flexibility index (Phi) is 6.34. The zero-order chi connectivity index (χ0) is 25.8. The molecule has 9 nitrogen and oxygen atoms in total. The van der Waals surface area contributed by atoms with Crippen molar-refractivity contribution in [1.29, 1.82) is 0 Å². The molecular weight excluding hydrogens is 520 g/mol. The van der Waals surface area contributed by atoms with Crippen LogP contribution >= 0.6 is 11.3 Å². The van der Waals surface area contributed by atoms with Crippen LogP contribution < -0.4 is 10.6 Å². The number of aryl methyl sites for hydroxylation is 1. The first-order valence-electron chi connectivity index (χ1n) is 13.5. The third-order valence-corrected chi connectivity index (χ3v) is 11.2. The summed E-state index contributed by atoms with van der Waals surface area (Å²) in [6.45, 7) is 4.35. The standard InChI is InChI=1S/C27H32N6O3S2/c1-15-31-32-27(36-15)21-18(6-5-16-8-12-35-13-9-16)30-23-19-4-3-11-33(19)38(34)25(23)22(21)20-14-17-7-10-29-26(28-2)24(17)37-20/h7,10,14,16,19,22,30H,3-6,8-9,11-13H2,1-2H3,(H,28,29). The maximum atomic E-state index is 14.1. The van der Waals surface area contributed by atoms with Gasteiger partial charge in [-0.15, -0.1) is 21.5 Å². The summed E-state index contributed by atoms with van der Waals surface area (Å²) < 4.78 is 29.0. The smallest absolute Gasteiger partial charge is 0.246 e. The second-order valence-electron chi connectivity index (χ2n) is 10.5. The van der Waals surface area contributed by atoms with Gasteiger partial charge in [0.25, 0.3) is 0 Å². The van der Waals surface area contributed by atoms with Crippen LogP contribution in [0, 0.1) is 12.8 Å². The molecule has 2 fully saturated rings. The fraction of sp³-hybridized carbons (Fsp3) is 0.519. The molecule has 0 amide bonds. The van der Waals surface area contributed by atoms with E-state index in [1.165, 1.54) is 0 Å². The van der Waals surface area contributed by atoms with Gasteiger partial charge >= 0.3 is 0 Å². The molecule has 0 spiro atoms. The van der Waals surface area contributed by atoms with Crippen LogP contribution in [0.15, 0.2) is 39.0 Å². The number of rotatable bonds is 6. The zero-order valence-electron chi connectivity index (χ0n) is 21.7. The van der Waals surface area contributed by atoms with Crippen molar-refractivity contribution in [3.63, 3.8) is 0 Å². The van der Waals surface area contributed by atoms with Gasteiger partial charge in [-0.05, 0) is 62.0 Å². The fourth-order valence-corrected chi connectivity index (χ4v) is 9.52. The normalized spacial score (nSPS) is 26.2. The van der Waals surface area contributed by atoms with E-state index in [1.54, 1.807) is 11.3 Å². The second kappa shape index (κ2) is 9.86. The van der Waals surface area contributed by atoms with E-state index < -0.39 is 11.0 Å². The average molecular weight is 553 g/mol. The zero-order valence-corrected chi connectivity index (χ0v) is 23.3. The number of ether oxygens (including phenoxy) is 1. The summed E-state index contributed by atoms with van der Waals surface area (Å²) >= 11 is 1.71. The Morgan fingerprint density at radius 1 is 1.26 bits per heavy atom. The predicted molar refractivity (Wildman–Crippen MR) is 149 cm³/mol. The monoisotopic (exact) mass is 552 g/mol. The highest BCUT2D eigenvalue weighted by atomic mass is 32.2. The van der Waals surface area contributed by atoms with E-state index in [9.17, 15) is 4.21 Å². The largest absolute Gasteiger partial charge is 0.421 e. The van der Waals surface area contributed by atoms with E-state index in [2.05, 4.69) is 36.2 Å². The molecule has 0 aliphatic carbocycles. The molecule has 3 unspecified atom stereocenters. The molecule has 7 rings (SSSR count). The van der Waals surface area contributed by atoms with E-state index in [0.717, 1.165) is 101 Å². The van der Waals surface area contributed by atoms with Gasteiger partial charge in [-0.3, -0.25) is 0 Å². The van der Waals surface area contributed by atoms with Crippen LogP contribution in [0.2, 0.25) is 0 Å². The van der Waals surface area contributed by atoms with Crippen molar-refractivity contribution >= 4 is 43.8 Å². The maximum absolute atomic E-state index is 14.1. The Morgan fingerprint density at radius 3 is 2.92 bits per heavy atom. The van der Waals surface area contributed by atoms with Crippen molar-refractivity contribution in [2.24, 2.45) is 5.92 Å². The van der Waals surface area contributed by atoms with Crippen LogP contribution in [0.1, 0.15) is 61.1 Å². The maximum Gasteiger partial charge on any atom is 0.246 e. The molecule has 2 N–H and O–H groups in total. The fourth-order valence-electron chi connectivity index (χ4n) is 6.36. The lowest BCUT2D eigenvalue weighted by atomic mass is 9.86. The number of nitrogens with one attached hydrogen (secondary N) is 2. The van der Waals surface area contributed by atoms with Crippen molar-refractivity contribution in [2.45, 2.75) is 57.4 Å². The Bertz CT molecular complexity index is 1470. The van der Waals surface area contributed by atoms with Gasteiger partial charge in [-0.2, -0.15) is 0 Å². The molecule has 0 saturated carbocycles. The first kappa shape index (κ1) is 24.4. The Labute approximate surface area is 228 Å². The Balaban J connectivity index is 1.39. The van der Waals surface area contributed by atoms with Crippen molar-refractivity contribution in [3.8, 4) is 0 Å². The third-order valence-electron chi connectivity index (χ3n) is 8.24. The van der Waals surface area contributed by atoms with Gasteiger partial charge in [0.05, 0.1) is 21.6 Å². The van der Waals surface area contributed by atoms with Crippen LogP contribution in [-0.2, 0) is 15.7 Å². The summed E-state index contributed by atoms with van der Waals surface area (Å²) in [5.41, 5.74) is 3.22. The van der Waals surface area contributed by atoms with E-state index in [0.29, 0.717) is 17.7 Å². The molecule has 0 bridgehead atoms. The highest BCUT2D eigenvalue weighted by molar-refractivity contribution is 7.87. The lowest BCUT2D eigenvalue weighted by Crippen LogP contribution is -2.31. The number of nitrogens with zero attached hydrogens (tertiary/aromatic N) is 4. The molecule has 200 valence electrons. The molecular formula is C27H32N6O3S2. The lowest BCUT2D eigenvalue weighted by Gasteiger charge is -2.31. The quantitative estimate of drug-likeness (QED) is 0.454. The van der Waals surface area contributed by atoms with Crippen molar-refractivity contribution in [2.75, 3.05) is 32.1 Å². The number of dihydropyridines is 1. The molecule has 3 aromatic rings. The minimum atomic E-state index is -1.23. The van der Waals surface area contributed by atoms with Gasteiger partial charge in [0, 0.05) is 61.8 Å². The molecule has 3 aromatic heterocycles. The predicted octanol–water partition coefficient (Wildman–Crippen LogP) is 4.69. The SMILES string of the molecule is CNc1nccc2cc(C3C(c4nnc(C)o4)=C(CCC4CCOCC4)NC4=C3S(=O)N3CCCC43)sc12. The second-order valence-corrected chi connectivity index (χ2v) is 13.0. The minimum Gasteiger partial charge on any atom is -0.421 e. The number of fused-ring (bicyclic) bond motifs is 3. The first-order chi connectivity index (χ1) is 18.6. The van der Waals surface area contributed by atoms with Crippen LogP contribution in [0.3, 0.4) is 0 Å². The molecule has 4 aliphatic heterocycles. The lowest BCUT2D eigenvalue weighted by molar-refractivity contribution is 0.0639. The van der Waals surface area contributed by atoms with Crippen molar-refractivity contribution in [3.05, 3.63) is 51.3 Å². The van der Waals surface area contributed by atoms with Crippen LogP contribution in [0.4, 0.5) is 5.82 Å². The summed E-state index contributed by atoms with van der Waals surface area (Å²) in [5, 5.41) is 16.9. The van der Waals surface area contributed by atoms with Crippen molar-refractivity contribution in [1.82, 2.24) is 24.8 Å². The van der Waals surface area contributed by atoms with Gasteiger partial charge in [0.15, 0.2) is 0 Å². The number of anilines is 1. The summed E-state index contributed by atoms with van der Waals surface area (Å²) in [5.74, 6) is 2.31. The number of aromatic nitrogens is 3. The van der Waals surface area contributed by atoms with Crippen LogP contribution in [-0.4, -0.2) is 56.5 Å². The summed E-state index contributed by atoms with van der Waals surface area (Å²) in [6, 6.07) is 4.44. The topological polar surface area (TPSA) is 105 Å². The van der Waals surface area contributed by atoms with Gasteiger partial charge in [0.1, 0.15) is 16.8 Å².